The number of hydrogen-bond acceptors (Lipinski definition) is 5. The summed E-state index contributed by atoms with van der Waals surface area (Å²) in [5, 5.41) is 3.99. The van der Waals surface area contributed by atoms with Gasteiger partial charge in [0.15, 0.2) is 11.5 Å². The Morgan fingerprint density at radius 2 is 1.81 bits per heavy atom. The van der Waals surface area contributed by atoms with E-state index in [0.29, 0.717) is 17.4 Å². The van der Waals surface area contributed by atoms with Crippen LogP contribution in [0.15, 0.2) is 40.9 Å². The van der Waals surface area contributed by atoms with Gasteiger partial charge in [0.1, 0.15) is 0 Å². The third-order valence-electron chi connectivity index (χ3n) is 5.31. The minimum Gasteiger partial charge on any atom is -0.379 e. The van der Waals surface area contributed by atoms with Gasteiger partial charge < -0.3 is 14.2 Å². The van der Waals surface area contributed by atoms with E-state index in [9.17, 15) is 4.79 Å². The molecule has 3 heterocycles. The molecule has 0 radical (unpaired) electrons. The van der Waals surface area contributed by atoms with E-state index >= 15 is 0 Å². The molecule has 0 aliphatic carbocycles. The zero-order valence-corrected chi connectivity index (χ0v) is 15.0. The first-order valence-electron chi connectivity index (χ1n) is 9.41. The lowest BCUT2D eigenvalue weighted by molar-refractivity contribution is 0.0242. The van der Waals surface area contributed by atoms with Gasteiger partial charge in [0.05, 0.1) is 13.2 Å². The monoisotopic (exact) mass is 355 g/mol. The second-order valence-electron chi connectivity index (χ2n) is 7.09. The lowest BCUT2D eigenvalue weighted by Crippen LogP contribution is -2.44. The number of carbonyl (C=O) groups excluding carboxylic acids is 1. The van der Waals surface area contributed by atoms with Gasteiger partial charge in [-0.3, -0.25) is 9.69 Å². The first-order valence-corrected chi connectivity index (χ1v) is 9.41. The summed E-state index contributed by atoms with van der Waals surface area (Å²) in [5.41, 5.74) is 1.33. The minimum atomic E-state index is -0.0271. The third kappa shape index (κ3) is 3.97. The molecule has 0 N–H and O–H groups in total. The molecular formula is C20H25N3O3. The van der Waals surface area contributed by atoms with Gasteiger partial charge in [-0.1, -0.05) is 35.5 Å². The Balaban J connectivity index is 1.31. The van der Waals surface area contributed by atoms with Crippen molar-refractivity contribution in [2.24, 2.45) is 5.92 Å². The van der Waals surface area contributed by atoms with E-state index in [2.05, 4.69) is 10.1 Å². The molecule has 6 nitrogen and oxygen atoms in total. The summed E-state index contributed by atoms with van der Waals surface area (Å²) in [6, 6.07) is 11.5. The molecular weight excluding hydrogens is 330 g/mol. The van der Waals surface area contributed by atoms with Crippen molar-refractivity contribution >= 4 is 5.91 Å². The molecule has 0 unspecified atom stereocenters. The van der Waals surface area contributed by atoms with Crippen LogP contribution in [0.2, 0.25) is 0 Å². The topological polar surface area (TPSA) is 58.8 Å². The van der Waals surface area contributed by atoms with Crippen molar-refractivity contribution in [1.82, 2.24) is 15.0 Å². The van der Waals surface area contributed by atoms with E-state index in [1.54, 1.807) is 6.07 Å². The molecule has 0 spiro atoms. The molecule has 1 amide bonds. The number of amides is 1. The van der Waals surface area contributed by atoms with Crippen molar-refractivity contribution in [1.29, 1.82) is 0 Å². The van der Waals surface area contributed by atoms with Crippen LogP contribution in [0.5, 0.6) is 0 Å². The summed E-state index contributed by atoms with van der Waals surface area (Å²) in [6.07, 6.45) is 2.10. The van der Waals surface area contributed by atoms with Gasteiger partial charge in [0, 0.05) is 44.4 Å². The minimum absolute atomic E-state index is 0.0271. The SMILES string of the molecule is O=C(c1cc(-c2ccccc2)on1)N1CCC(CN2CCOCC2)CC1. The van der Waals surface area contributed by atoms with Gasteiger partial charge in [-0.05, 0) is 18.8 Å². The standard InChI is InChI=1S/C20H25N3O3/c24-20(18-14-19(26-21-18)17-4-2-1-3-5-17)23-8-6-16(7-9-23)15-22-10-12-25-13-11-22/h1-5,14,16H,6-13,15H2. The van der Waals surface area contributed by atoms with Crippen LogP contribution in [-0.2, 0) is 4.74 Å². The van der Waals surface area contributed by atoms with Crippen LogP contribution in [0.1, 0.15) is 23.3 Å². The Labute approximate surface area is 153 Å². The Morgan fingerprint density at radius 1 is 1.08 bits per heavy atom. The third-order valence-corrected chi connectivity index (χ3v) is 5.31. The lowest BCUT2D eigenvalue weighted by atomic mass is 9.95. The first-order chi connectivity index (χ1) is 12.8. The van der Waals surface area contributed by atoms with Gasteiger partial charge in [-0.2, -0.15) is 0 Å². The molecule has 2 fully saturated rings. The van der Waals surface area contributed by atoms with Crippen molar-refractivity contribution in [2.75, 3.05) is 45.9 Å². The Bertz CT molecular complexity index is 717. The zero-order chi connectivity index (χ0) is 17.8. The number of hydrogen-bond donors (Lipinski definition) is 0. The van der Waals surface area contributed by atoms with E-state index in [1.165, 1.54) is 0 Å². The number of ether oxygens (including phenoxy) is 1. The number of morpholine rings is 1. The second-order valence-corrected chi connectivity index (χ2v) is 7.09. The van der Waals surface area contributed by atoms with Crippen molar-refractivity contribution in [2.45, 2.75) is 12.8 Å². The van der Waals surface area contributed by atoms with E-state index < -0.39 is 0 Å². The predicted octanol–water partition coefficient (Wildman–Crippen LogP) is 2.53. The average Bonchev–Trinajstić information content (AvgIpc) is 3.20. The number of benzene rings is 1. The van der Waals surface area contributed by atoms with E-state index in [1.807, 2.05) is 35.2 Å². The van der Waals surface area contributed by atoms with Crippen LogP contribution in [-0.4, -0.2) is 66.8 Å². The summed E-state index contributed by atoms with van der Waals surface area (Å²) >= 11 is 0. The van der Waals surface area contributed by atoms with Gasteiger partial charge in [-0.25, -0.2) is 0 Å². The Kier molecular flexibility index (Phi) is 5.32. The number of aromatic nitrogens is 1. The molecule has 26 heavy (non-hydrogen) atoms. The highest BCUT2D eigenvalue weighted by Gasteiger charge is 2.27. The number of rotatable bonds is 4. The molecule has 1 aromatic carbocycles. The fourth-order valence-electron chi connectivity index (χ4n) is 3.74. The van der Waals surface area contributed by atoms with Crippen LogP contribution < -0.4 is 0 Å². The first kappa shape index (κ1) is 17.2. The molecule has 2 aliphatic rings. The maximum absolute atomic E-state index is 12.7. The van der Waals surface area contributed by atoms with Gasteiger partial charge in [-0.15, -0.1) is 0 Å². The number of likely N-dealkylation sites (tertiary alicyclic amines) is 1. The average molecular weight is 355 g/mol. The summed E-state index contributed by atoms with van der Waals surface area (Å²) in [7, 11) is 0. The predicted molar refractivity (Wildman–Crippen MR) is 97.8 cm³/mol. The molecule has 2 saturated heterocycles. The van der Waals surface area contributed by atoms with Crippen LogP contribution >= 0.6 is 0 Å². The molecule has 0 atom stereocenters. The van der Waals surface area contributed by atoms with Gasteiger partial charge in [0.25, 0.3) is 5.91 Å². The fourth-order valence-corrected chi connectivity index (χ4v) is 3.74. The van der Waals surface area contributed by atoms with Gasteiger partial charge in [0.2, 0.25) is 0 Å². The normalized spacial score (nSPS) is 19.6. The highest BCUT2D eigenvalue weighted by molar-refractivity contribution is 5.93. The Hall–Kier alpha value is -2.18. The maximum atomic E-state index is 12.7. The van der Waals surface area contributed by atoms with Crippen LogP contribution in [0.3, 0.4) is 0 Å². The summed E-state index contributed by atoms with van der Waals surface area (Å²) in [6.45, 7) is 6.44. The maximum Gasteiger partial charge on any atom is 0.276 e. The fraction of sp³-hybridized carbons (Fsp3) is 0.500. The van der Waals surface area contributed by atoms with Crippen LogP contribution in [0, 0.1) is 5.92 Å². The molecule has 1 aromatic heterocycles. The number of carbonyl (C=O) groups is 1. The van der Waals surface area contributed by atoms with Crippen molar-refractivity contribution in [3.8, 4) is 11.3 Å². The number of nitrogens with zero attached hydrogens (tertiary/aromatic N) is 3. The highest BCUT2D eigenvalue weighted by atomic mass is 16.5. The Morgan fingerprint density at radius 3 is 2.54 bits per heavy atom. The van der Waals surface area contributed by atoms with Crippen LogP contribution in [0.25, 0.3) is 11.3 Å². The van der Waals surface area contributed by atoms with Gasteiger partial charge >= 0.3 is 0 Å². The zero-order valence-electron chi connectivity index (χ0n) is 15.0. The summed E-state index contributed by atoms with van der Waals surface area (Å²) in [4.78, 5) is 17.1. The van der Waals surface area contributed by atoms with E-state index in [0.717, 1.165) is 64.3 Å². The molecule has 0 saturated carbocycles. The largest absolute Gasteiger partial charge is 0.379 e. The second kappa shape index (κ2) is 8.01. The summed E-state index contributed by atoms with van der Waals surface area (Å²) < 4.78 is 10.8. The highest BCUT2D eigenvalue weighted by Crippen LogP contribution is 2.23. The quantitative estimate of drug-likeness (QED) is 0.843. The molecule has 6 heteroatoms. The lowest BCUT2D eigenvalue weighted by Gasteiger charge is -2.35. The molecule has 138 valence electrons. The molecule has 2 aromatic rings. The molecule has 0 bridgehead atoms. The van der Waals surface area contributed by atoms with Crippen molar-refractivity contribution < 1.29 is 14.1 Å². The smallest absolute Gasteiger partial charge is 0.276 e. The van der Waals surface area contributed by atoms with Crippen molar-refractivity contribution in [3.63, 3.8) is 0 Å². The van der Waals surface area contributed by atoms with E-state index in [-0.39, 0.29) is 5.91 Å². The van der Waals surface area contributed by atoms with Crippen molar-refractivity contribution in [3.05, 3.63) is 42.1 Å². The summed E-state index contributed by atoms with van der Waals surface area (Å²) in [5.74, 6) is 1.27. The molecule has 4 rings (SSSR count). The van der Waals surface area contributed by atoms with E-state index in [4.69, 9.17) is 9.26 Å². The van der Waals surface area contributed by atoms with Crippen LogP contribution in [0.4, 0.5) is 0 Å². The number of piperidine rings is 1. The molecule has 2 aliphatic heterocycles.